The summed E-state index contributed by atoms with van der Waals surface area (Å²) >= 11 is 5.98. The second kappa shape index (κ2) is 4.48. The van der Waals surface area contributed by atoms with Crippen LogP contribution >= 0.6 is 11.6 Å². The summed E-state index contributed by atoms with van der Waals surface area (Å²) in [6, 6.07) is 6.00. The molecule has 1 N–H and O–H groups in total. The van der Waals surface area contributed by atoms with E-state index in [1.165, 1.54) is 5.56 Å². The molecule has 1 aromatic rings. The Bertz CT molecular complexity index is 258. The zero-order chi connectivity index (χ0) is 8.97. The summed E-state index contributed by atoms with van der Waals surface area (Å²) in [5, 5.41) is 9.48. The molecule has 66 valence electrons. The van der Waals surface area contributed by atoms with E-state index in [2.05, 4.69) is 13.0 Å². The fourth-order valence-electron chi connectivity index (χ4n) is 1.13. The molecule has 0 atom stereocenters. The van der Waals surface area contributed by atoms with Gasteiger partial charge in [-0.3, -0.25) is 0 Å². The molecule has 0 aromatic heterocycles. The molecule has 0 aliphatic carbocycles. The van der Waals surface area contributed by atoms with Crippen LogP contribution in [0.15, 0.2) is 18.2 Å². The zero-order valence-electron chi connectivity index (χ0n) is 7.18. The maximum atomic E-state index is 8.71. The standard InChI is InChI=1S/C10H13ClO/c1-2-8-3-4-9(5-6-12)10(11)7-8/h3-4,7,12H,2,5-6H2,1H3. The van der Waals surface area contributed by atoms with E-state index < -0.39 is 0 Å². The van der Waals surface area contributed by atoms with Crippen molar-refractivity contribution in [2.24, 2.45) is 0 Å². The average Bonchev–Trinajstić information content (AvgIpc) is 2.09. The fourth-order valence-corrected chi connectivity index (χ4v) is 1.43. The summed E-state index contributed by atoms with van der Waals surface area (Å²) in [6.45, 7) is 2.25. The van der Waals surface area contributed by atoms with E-state index in [1.807, 2.05) is 12.1 Å². The van der Waals surface area contributed by atoms with Crippen molar-refractivity contribution in [1.29, 1.82) is 0 Å². The van der Waals surface area contributed by atoms with Crippen LogP contribution in [0.25, 0.3) is 0 Å². The highest BCUT2D eigenvalue weighted by Gasteiger charge is 1.99. The van der Waals surface area contributed by atoms with Crippen molar-refractivity contribution in [2.45, 2.75) is 19.8 Å². The van der Waals surface area contributed by atoms with Crippen molar-refractivity contribution < 1.29 is 5.11 Å². The van der Waals surface area contributed by atoms with Gasteiger partial charge in [0.2, 0.25) is 0 Å². The first-order valence-electron chi connectivity index (χ1n) is 4.16. The van der Waals surface area contributed by atoms with Crippen LogP contribution in [0.2, 0.25) is 5.02 Å². The van der Waals surface area contributed by atoms with Crippen LogP contribution in [0.5, 0.6) is 0 Å². The van der Waals surface area contributed by atoms with Gasteiger partial charge in [0.15, 0.2) is 0 Å². The lowest BCUT2D eigenvalue weighted by atomic mass is 10.1. The third-order valence-corrected chi connectivity index (χ3v) is 2.26. The maximum absolute atomic E-state index is 8.71. The minimum atomic E-state index is 0.158. The molecule has 0 saturated carbocycles. The van der Waals surface area contributed by atoms with Gasteiger partial charge in [-0.25, -0.2) is 0 Å². The van der Waals surface area contributed by atoms with E-state index in [9.17, 15) is 0 Å². The van der Waals surface area contributed by atoms with Gasteiger partial charge in [-0.05, 0) is 30.0 Å². The van der Waals surface area contributed by atoms with Crippen LogP contribution in [0.1, 0.15) is 18.1 Å². The van der Waals surface area contributed by atoms with Gasteiger partial charge in [0, 0.05) is 11.6 Å². The molecule has 0 bridgehead atoms. The SMILES string of the molecule is CCc1ccc(CCO)c(Cl)c1. The monoisotopic (exact) mass is 184 g/mol. The highest BCUT2D eigenvalue weighted by molar-refractivity contribution is 6.31. The molecule has 0 spiro atoms. The van der Waals surface area contributed by atoms with Crippen molar-refractivity contribution in [3.8, 4) is 0 Å². The molecule has 1 aromatic carbocycles. The summed E-state index contributed by atoms with van der Waals surface area (Å²) in [4.78, 5) is 0. The van der Waals surface area contributed by atoms with Crippen LogP contribution < -0.4 is 0 Å². The van der Waals surface area contributed by atoms with Gasteiger partial charge in [0.1, 0.15) is 0 Å². The Morgan fingerprint density at radius 1 is 1.42 bits per heavy atom. The number of benzene rings is 1. The Morgan fingerprint density at radius 2 is 2.17 bits per heavy atom. The van der Waals surface area contributed by atoms with Crippen LogP contribution in [0.4, 0.5) is 0 Å². The predicted molar refractivity (Wildman–Crippen MR) is 51.6 cm³/mol. The first kappa shape index (κ1) is 9.56. The highest BCUT2D eigenvalue weighted by atomic mass is 35.5. The molecular weight excluding hydrogens is 172 g/mol. The second-order valence-corrected chi connectivity index (χ2v) is 3.16. The molecule has 0 aliphatic heterocycles. The predicted octanol–water partition coefficient (Wildman–Crippen LogP) is 2.44. The quantitative estimate of drug-likeness (QED) is 0.765. The Hall–Kier alpha value is -0.530. The smallest absolute Gasteiger partial charge is 0.0471 e. The molecule has 0 fully saturated rings. The first-order valence-corrected chi connectivity index (χ1v) is 4.54. The lowest BCUT2D eigenvalue weighted by Crippen LogP contribution is -1.92. The van der Waals surface area contributed by atoms with Gasteiger partial charge in [0.05, 0.1) is 0 Å². The summed E-state index contributed by atoms with van der Waals surface area (Å²) in [5.74, 6) is 0. The van der Waals surface area contributed by atoms with Gasteiger partial charge in [-0.2, -0.15) is 0 Å². The molecule has 1 nitrogen and oxygen atoms in total. The zero-order valence-corrected chi connectivity index (χ0v) is 7.93. The third kappa shape index (κ3) is 2.23. The van der Waals surface area contributed by atoms with Crippen LogP contribution in [0, 0.1) is 0 Å². The summed E-state index contributed by atoms with van der Waals surface area (Å²) in [6.07, 6.45) is 1.64. The van der Waals surface area contributed by atoms with Gasteiger partial charge < -0.3 is 5.11 Å². The van der Waals surface area contributed by atoms with E-state index in [0.29, 0.717) is 6.42 Å². The molecule has 0 radical (unpaired) electrons. The van der Waals surface area contributed by atoms with Crippen molar-refractivity contribution in [2.75, 3.05) is 6.61 Å². The molecule has 0 saturated heterocycles. The molecule has 1 rings (SSSR count). The number of hydrogen-bond acceptors (Lipinski definition) is 1. The van der Waals surface area contributed by atoms with E-state index in [0.717, 1.165) is 17.0 Å². The Kier molecular flexibility index (Phi) is 3.57. The molecule has 0 aliphatic rings. The van der Waals surface area contributed by atoms with Crippen LogP contribution in [-0.2, 0) is 12.8 Å². The minimum absolute atomic E-state index is 0.158. The largest absolute Gasteiger partial charge is 0.396 e. The number of halogens is 1. The third-order valence-electron chi connectivity index (χ3n) is 1.91. The van der Waals surface area contributed by atoms with Crippen molar-refractivity contribution in [3.05, 3.63) is 34.3 Å². The van der Waals surface area contributed by atoms with E-state index >= 15 is 0 Å². The number of rotatable bonds is 3. The lowest BCUT2D eigenvalue weighted by molar-refractivity contribution is 0.299. The number of aliphatic hydroxyl groups excluding tert-OH is 1. The molecule has 2 heteroatoms. The van der Waals surface area contributed by atoms with Gasteiger partial charge in [-0.15, -0.1) is 0 Å². The minimum Gasteiger partial charge on any atom is -0.396 e. The lowest BCUT2D eigenvalue weighted by Gasteiger charge is -2.03. The van der Waals surface area contributed by atoms with Crippen LogP contribution in [0.3, 0.4) is 0 Å². The Morgan fingerprint density at radius 3 is 2.67 bits per heavy atom. The number of hydrogen-bond donors (Lipinski definition) is 1. The summed E-state index contributed by atoms with van der Waals surface area (Å²) in [7, 11) is 0. The van der Waals surface area contributed by atoms with E-state index in [4.69, 9.17) is 16.7 Å². The molecule has 0 heterocycles. The van der Waals surface area contributed by atoms with Crippen molar-refractivity contribution >= 4 is 11.6 Å². The number of aryl methyl sites for hydroxylation is 1. The van der Waals surface area contributed by atoms with Crippen molar-refractivity contribution in [3.63, 3.8) is 0 Å². The molecule has 12 heavy (non-hydrogen) atoms. The van der Waals surface area contributed by atoms with E-state index in [1.54, 1.807) is 0 Å². The van der Waals surface area contributed by atoms with Crippen LogP contribution in [-0.4, -0.2) is 11.7 Å². The topological polar surface area (TPSA) is 20.2 Å². The summed E-state index contributed by atoms with van der Waals surface area (Å²) in [5.41, 5.74) is 2.26. The van der Waals surface area contributed by atoms with Crippen molar-refractivity contribution in [1.82, 2.24) is 0 Å². The second-order valence-electron chi connectivity index (χ2n) is 2.75. The molecule has 0 unspecified atom stereocenters. The Balaban J connectivity index is 2.87. The highest BCUT2D eigenvalue weighted by Crippen LogP contribution is 2.18. The van der Waals surface area contributed by atoms with Gasteiger partial charge in [0.25, 0.3) is 0 Å². The molecular formula is C10H13ClO. The van der Waals surface area contributed by atoms with Gasteiger partial charge in [-0.1, -0.05) is 30.7 Å². The normalized spacial score (nSPS) is 10.2. The molecule has 0 amide bonds. The Labute approximate surface area is 78.0 Å². The summed E-state index contributed by atoms with van der Waals surface area (Å²) < 4.78 is 0. The average molecular weight is 185 g/mol. The fraction of sp³-hybridized carbons (Fsp3) is 0.400. The van der Waals surface area contributed by atoms with E-state index in [-0.39, 0.29) is 6.61 Å². The number of aliphatic hydroxyl groups is 1. The van der Waals surface area contributed by atoms with Gasteiger partial charge >= 0.3 is 0 Å². The first-order chi connectivity index (χ1) is 5.77. The maximum Gasteiger partial charge on any atom is 0.0471 e.